The molecule has 0 aliphatic rings. The molecule has 4 nitrogen and oxygen atoms in total. The third-order valence-electron chi connectivity index (χ3n) is 4.78. The Morgan fingerprint density at radius 2 is 1.77 bits per heavy atom. The number of pyridine rings is 1. The summed E-state index contributed by atoms with van der Waals surface area (Å²) in [5.74, 6) is 0.322. The van der Waals surface area contributed by atoms with Crippen molar-refractivity contribution in [3.63, 3.8) is 0 Å². The highest BCUT2D eigenvalue weighted by Gasteiger charge is 2.13. The van der Waals surface area contributed by atoms with E-state index in [9.17, 15) is 4.79 Å². The fraction of sp³-hybridized carbons (Fsp3) is 0.273. The molecule has 1 aromatic heterocycles. The molecule has 0 aliphatic carbocycles. The molecule has 3 N–H and O–H groups in total. The number of anilines is 1. The molecule has 1 heterocycles. The molecule has 0 saturated carbocycles. The molecule has 0 fully saturated rings. The van der Waals surface area contributed by atoms with Crippen LogP contribution in [-0.2, 0) is 0 Å². The lowest BCUT2D eigenvalue weighted by molar-refractivity contribution is 0.0939. The van der Waals surface area contributed by atoms with Gasteiger partial charge in [-0.1, -0.05) is 38.1 Å². The second-order valence-corrected chi connectivity index (χ2v) is 7.14. The summed E-state index contributed by atoms with van der Waals surface area (Å²) >= 11 is 0. The largest absolute Gasteiger partial charge is 0.399 e. The van der Waals surface area contributed by atoms with Crippen molar-refractivity contribution in [2.45, 2.75) is 39.7 Å². The van der Waals surface area contributed by atoms with E-state index in [0.29, 0.717) is 11.5 Å². The first-order chi connectivity index (χ1) is 12.3. The molecule has 3 rings (SSSR count). The molecule has 0 radical (unpaired) electrons. The van der Waals surface area contributed by atoms with Gasteiger partial charge < -0.3 is 11.1 Å². The first-order valence-electron chi connectivity index (χ1n) is 8.91. The van der Waals surface area contributed by atoms with Crippen molar-refractivity contribution >= 4 is 22.5 Å². The van der Waals surface area contributed by atoms with Crippen LogP contribution in [0.2, 0.25) is 0 Å². The Kier molecular flexibility index (Phi) is 4.94. The Morgan fingerprint density at radius 3 is 2.46 bits per heavy atom. The molecule has 134 valence electrons. The number of benzene rings is 2. The zero-order valence-corrected chi connectivity index (χ0v) is 15.7. The second kappa shape index (κ2) is 7.16. The minimum Gasteiger partial charge on any atom is -0.399 e. The molecular formula is C22H25N3O. The monoisotopic (exact) mass is 347 g/mol. The smallest absolute Gasteiger partial charge is 0.253 e. The molecule has 1 unspecified atom stereocenters. The lowest BCUT2D eigenvalue weighted by atomic mass is 10.0. The second-order valence-electron chi connectivity index (χ2n) is 7.14. The number of fused-ring (bicyclic) bond motifs is 1. The molecule has 4 heteroatoms. The Hall–Kier alpha value is -2.88. The number of nitrogens with one attached hydrogen (secondary N) is 1. The summed E-state index contributed by atoms with van der Waals surface area (Å²) in [6.45, 7) is 8.24. The van der Waals surface area contributed by atoms with Crippen LogP contribution in [0, 0.1) is 6.92 Å². The third kappa shape index (κ3) is 3.69. The maximum Gasteiger partial charge on any atom is 0.253 e. The van der Waals surface area contributed by atoms with Crippen LogP contribution in [0.5, 0.6) is 0 Å². The first-order valence-corrected chi connectivity index (χ1v) is 8.91. The normalized spacial score (nSPS) is 12.3. The van der Waals surface area contributed by atoms with Crippen molar-refractivity contribution in [2.75, 3.05) is 5.73 Å². The summed E-state index contributed by atoms with van der Waals surface area (Å²) in [7, 11) is 0. The van der Waals surface area contributed by atoms with Gasteiger partial charge >= 0.3 is 0 Å². The molecule has 2 aromatic carbocycles. The number of nitrogens with two attached hydrogens (primary N) is 1. The maximum absolute atomic E-state index is 12.6. The van der Waals surface area contributed by atoms with Crippen molar-refractivity contribution in [3.8, 4) is 0 Å². The predicted octanol–water partition coefficient (Wildman–Crippen LogP) is 4.74. The van der Waals surface area contributed by atoms with E-state index >= 15 is 0 Å². The Balaban J connectivity index is 1.80. The van der Waals surface area contributed by atoms with Crippen molar-refractivity contribution in [1.82, 2.24) is 10.3 Å². The minimum absolute atomic E-state index is 0.110. The van der Waals surface area contributed by atoms with E-state index in [0.717, 1.165) is 27.7 Å². The number of carbonyl (C=O) groups is 1. The average molecular weight is 347 g/mol. The molecule has 1 atom stereocenters. The van der Waals surface area contributed by atoms with Crippen LogP contribution in [0.15, 0.2) is 48.7 Å². The van der Waals surface area contributed by atoms with Gasteiger partial charge in [-0.25, -0.2) is 0 Å². The van der Waals surface area contributed by atoms with E-state index in [2.05, 4.69) is 36.3 Å². The fourth-order valence-electron chi connectivity index (χ4n) is 2.95. The summed E-state index contributed by atoms with van der Waals surface area (Å²) in [5.41, 5.74) is 11.4. The zero-order chi connectivity index (χ0) is 18.8. The molecule has 3 aromatic rings. The van der Waals surface area contributed by atoms with Gasteiger partial charge in [0.2, 0.25) is 0 Å². The SMILES string of the molecule is Cc1cc(C(C)NC(=O)c2cnc3cc(C(C)C)ccc3c2)ccc1N. The number of hydrogen-bond donors (Lipinski definition) is 2. The van der Waals surface area contributed by atoms with Gasteiger partial charge in [0.15, 0.2) is 0 Å². The van der Waals surface area contributed by atoms with Gasteiger partial charge in [0.1, 0.15) is 0 Å². The molecular weight excluding hydrogens is 322 g/mol. The average Bonchev–Trinajstić information content (AvgIpc) is 2.62. The number of carbonyl (C=O) groups excluding carboxylic acids is 1. The van der Waals surface area contributed by atoms with Crippen molar-refractivity contribution < 1.29 is 4.79 Å². The van der Waals surface area contributed by atoms with E-state index in [1.807, 2.05) is 44.2 Å². The number of aromatic nitrogens is 1. The summed E-state index contributed by atoms with van der Waals surface area (Å²) in [5, 5.41) is 4.00. The van der Waals surface area contributed by atoms with E-state index in [1.165, 1.54) is 5.56 Å². The van der Waals surface area contributed by atoms with Gasteiger partial charge in [0.05, 0.1) is 17.1 Å². The Morgan fingerprint density at radius 1 is 1.04 bits per heavy atom. The third-order valence-corrected chi connectivity index (χ3v) is 4.78. The van der Waals surface area contributed by atoms with Crippen molar-refractivity contribution in [2.24, 2.45) is 0 Å². The number of rotatable bonds is 4. The van der Waals surface area contributed by atoms with Gasteiger partial charge in [-0.05, 0) is 54.7 Å². The summed E-state index contributed by atoms with van der Waals surface area (Å²) in [4.78, 5) is 17.1. The Bertz CT molecular complexity index is 963. The number of hydrogen-bond acceptors (Lipinski definition) is 3. The van der Waals surface area contributed by atoms with Crippen LogP contribution in [0.1, 0.15) is 59.8 Å². The zero-order valence-electron chi connectivity index (χ0n) is 15.7. The molecule has 0 saturated heterocycles. The van der Waals surface area contributed by atoms with Crippen molar-refractivity contribution in [3.05, 3.63) is 70.9 Å². The topological polar surface area (TPSA) is 68.0 Å². The lowest BCUT2D eigenvalue weighted by Crippen LogP contribution is -2.26. The lowest BCUT2D eigenvalue weighted by Gasteiger charge is -2.16. The molecule has 0 bridgehead atoms. The summed E-state index contributed by atoms with van der Waals surface area (Å²) in [6, 6.07) is 13.8. The number of nitrogens with zero attached hydrogens (tertiary/aromatic N) is 1. The Labute approximate surface area is 154 Å². The minimum atomic E-state index is -0.130. The van der Waals surface area contributed by atoms with E-state index < -0.39 is 0 Å². The van der Waals surface area contributed by atoms with Crippen LogP contribution in [-0.4, -0.2) is 10.9 Å². The highest BCUT2D eigenvalue weighted by molar-refractivity contribution is 5.97. The molecule has 1 amide bonds. The highest BCUT2D eigenvalue weighted by atomic mass is 16.1. The van der Waals surface area contributed by atoms with Gasteiger partial charge in [-0.15, -0.1) is 0 Å². The fourth-order valence-corrected chi connectivity index (χ4v) is 2.95. The standard InChI is InChI=1S/C22H25N3O/c1-13(2)16-5-6-18-10-19(12-24-21(18)11-16)22(26)25-15(4)17-7-8-20(23)14(3)9-17/h5-13,15H,23H2,1-4H3,(H,25,26). The molecule has 0 spiro atoms. The van der Waals surface area contributed by atoms with Gasteiger partial charge in [0.25, 0.3) is 5.91 Å². The van der Waals surface area contributed by atoms with Crippen LogP contribution >= 0.6 is 0 Å². The van der Waals surface area contributed by atoms with Crippen LogP contribution in [0.3, 0.4) is 0 Å². The maximum atomic E-state index is 12.6. The molecule has 26 heavy (non-hydrogen) atoms. The number of amides is 1. The van der Waals surface area contributed by atoms with Crippen LogP contribution < -0.4 is 11.1 Å². The van der Waals surface area contributed by atoms with E-state index in [4.69, 9.17) is 5.73 Å². The van der Waals surface area contributed by atoms with Gasteiger partial charge in [0, 0.05) is 17.3 Å². The predicted molar refractivity (Wildman–Crippen MR) is 107 cm³/mol. The number of aryl methyl sites for hydroxylation is 1. The highest BCUT2D eigenvalue weighted by Crippen LogP contribution is 2.22. The van der Waals surface area contributed by atoms with Crippen LogP contribution in [0.25, 0.3) is 10.9 Å². The van der Waals surface area contributed by atoms with Gasteiger partial charge in [-0.3, -0.25) is 9.78 Å². The van der Waals surface area contributed by atoms with Crippen LogP contribution in [0.4, 0.5) is 5.69 Å². The summed E-state index contributed by atoms with van der Waals surface area (Å²) < 4.78 is 0. The molecule has 0 aliphatic heterocycles. The number of nitrogen functional groups attached to an aromatic ring is 1. The first kappa shape index (κ1) is 17.9. The summed E-state index contributed by atoms with van der Waals surface area (Å²) in [6.07, 6.45) is 1.64. The van der Waals surface area contributed by atoms with E-state index in [-0.39, 0.29) is 11.9 Å². The van der Waals surface area contributed by atoms with Crippen molar-refractivity contribution in [1.29, 1.82) is 0 Å². The quantitative estimate of drug-likeness (QED) is 0.670. The van der Waals surface area contributed by atoms with Gasteiger partial charge in [-0.2, -0.15) is 0 Å². The van der Waals surface area contributed by atoms with E-state index in [1.54, 1.807) is 6.20 Å².